The van der Waals surface area contributed by atoms with Gasteiger partial charge in [-0.3, -0.25) is 14.9 Å². The first-order valence-electron chi connectivity index (χ1n) is 8.58. The number of anilines is 2. The van der Waals surface area contributed by atoms with Crippen molar-refractivity contribution in [3.63, 3.8) is 0 Å². The fourth-order valence-electron chi connectivity index (χ4n) is 2.49. The number of benzene rings is 2. The molecule has 8 heteroatoms. The molecule has 5 nitrogen and oxygen atoms in total. The first kappa shape index (κ1) is 19.6. The lowest BCUT2D eigenvalue weighted by molar-refractivity contribution is -0.116. The van der Waals surface area contributed by atoms with Crippen molar-refractivity contribution in [2.24, 2.45) is 0 Å². The first-order chi connectivity index (χ1) is 13.4. The number of nitrogens with one attached hydrogen (secondary N) is 2. The molecule has 3 aromatic rings. The summed E-state index contributed by atoms with van der Waals surface area (Å²) in [6, 6.07) is 9.78. The molecule has 0 spiro atoms. The predicted octanol–water partition coefficient (Wildman–Crippen LogP) is 5.08. The molecule has 3 rings (SSSR count). The Kier molecular flexibility index (Phi) is 6.10. The maximum absolute atomic E-state index is 13.2. The number of nitrogens with zero attached hydrogens (tertiary/aromatic N) is 1. The van der Waals surface area contributed by atoms with Crippen molar-refractivity contribution in [1.29, 1.82) is 0 Å². The average molecular weight is 401 g/mol. The molecule has 0 bridgehead atoms. The molecule has 0 atom stereocenters. The molecule has 2 aromatic carbocycles. The Bertz CT molecular complexity index is 983. The highest BCUT2D eigenvalue weighted by Gasteiger charge is 2.12. The van der Waals surface area contributed by atoms with Crippen LogP contribution in [0.25, 0.3) is 11.3 Å². The summed E-state index contributed by atoms with van der Waals surface area (Å²) in [5.74, 6) is -2.33. The highest BCUT2D eigenvalue weighted by molar-refractivity contribution is 7.14. The first-order valence-corrected chi connectivity index (χ1v) is 9.46. The minimum Gasteiger partial charge on any atom is -0.326 e. The Morgan fingerprint density at radius 3 is 2.36 bits per heavy atom. The van der Waals surface area contributed by atoms with Crippen LogP contribution in [-0.4, -0.2) is 16.8 Å². The van der Waals surface area contributed by atoms with Crippen LogP contribution in [0.2, 0.25) is 0 Å². The molecule has 2 amide bonds. The molecule has 0 aliphatic heterocycles. The van der Waals surface area contributed by atoms with Gasteiger partial charge in [0.05, 0.1) is 5.69 Å². The molecule has 1 heterocycles. The van der Waals surface area contributed by atoms with Crippen LogP contribution in [0, 0.1) is 11.6 Å². The molecule has 0 aliphatic carbocycles. The van der Waals surface area contributed by atoms with Gasteiger partial charge >= 0.3 is 0 Å². The number of hydrogen-bond donors (Lipinski definition) is 2. The van der Waals surface area contributed by atoms with Crippen molar-refractivity contribution in [2.75, 3.05) is 10.6 Å². The van der Waals surface area contributed by atoms with E-state index in [1.165, 1.54) is 11.3 Å². The predicted molar refractivity (Wildman–Crippen MR) is 105 cm³/mol. The zero-order chi connectivity index (χ0) is 20.1. The molecule has 28 heavy (non-hydrogen) atoms. The van der Waals surface area contributed by atoms with E-state index in [1.807, 2.05) is 19.1 Å². The molecule has 0 radical (unpaired) electrons. The van der Waals surface area contributed by atoms with Crippen LogP contribution in [-0.2, 0) is 4.79 Å². The Morgan fingerprint density at radius 1 is 1.04 bits per heavy atom. The molecule has 0 saturated heterocycles. The second-order valence-corrected chi connectivity index (χ2v) is 6.88. The molecule has 0 fully saturated rings. The van der Waals surface area contributed by atoms with Gasteiger partial charge in [-0.2, -0.15) is 0 Å². The van der Waals surface area contributed by atoms with E-state index in [4.69, 9.17) is 0 Å². The summed E-state index contributed by atoms with van der Waals surface area (Å²) in [5, 5.41) is 7.40. The highest BCUT2D eigenvalue weighted by Crippen LogP contribution is 2.26. The standard InChI is InChI=1S/C20H17F2N3O2S/c1-2-3-18(26)23-16-6-4-12(5-7-16)17-11-28-20(24-17)25-19(27)13-8-14(21)10-15(22)9-13/h4-11H,2-3H2,1H3,(H,23,26)(H,24,25,27). The second kappa shape index (κ2) is 8.71. The number of amides is 2. The third-order valence-electron chi connectivity index (χ3n) is 3.79. The number of carbonyl (C=O) groups excluding carboxylic acids is 2. The van der Waals surface area contributed by atoms with Crippen LogP contribution < -0.4 is 10.6 Å². The van der Waals surface area contributed by atoms with Gasteiger partial charge in [0.15, 0.2) is 5.13 Å². The van der Waals surface area contributed by atoms with Gasteiger partial charge in [-0.05, 0) is 30.7 Å². The van der Waals surface area contributed by atoms with Crippen molar-refractivity contribution in [2.45, 2.75) is 19.8 Å². The lowest BCUT2D eigenvalue weighted by atomic mass is 10.1. The van der Waals surface area contributed by atoms with E-state index in [2.05, 4.69) is 15.6 Å². The Hall–Kier alpha value is -3.13. The maximum atomic E-state index is 13.2. The molecule has 0 unspecified atom stereocenters. The van der Waals surface area contributed by atoms with Gasteiger partial charge in [0.2, 0.25) is 5.91 Å². The van der Waals surface area contributed by atoms with Crippen LogP contribution >= 0.6 is 11.3 Å². The molecular weight excluding hydrogens is 384 g/mol. The van der Waals surface area contributed by atoms with Gasteiger partial charge in [-0.1, -0.05) is 19.1 Å². The Balaban J connectivity index is 1.68. The number of thiazole rings is 1. The SMILES string of the molecule is CCCC(=O)Nc1ccc(-c2csc(NC(=O)c3cc(F)cc(F)c3)n2)cc1. The lowest BCUT2D eigenvalue weighted by Crippen LogP contribution is -2.12. The van der Waals surface area contributed by atoms with Crippen LogP contribution in [0.3, 0.4) is 0 Å². The summed E-state index contributed by atoms with van der Waals surface area (Å²) in [7, 11) is 0. The smallest absolute Gasteiger partial charge is 0.257 e. The molecule has 0 saturated carbocycles. The normalized spacial score (nSPS) is 10.5. The third-order valence-corrected chi connectivity index (χ3v) is 4.55. The lowest BCUT2D eigenvalue weighted by Gasteiger charge is -2.05. The second-order valence-electron chi connectivity index (χ2n) is 6.03. The van der Waals surface area contributed by atoms with Crippen LogP contribution in [0.5, 0.6) is 0 Å². The van der Waals surface area contributed by atoms with Gasteiger partial charge in [0.25, 0.3) is 5.91 Å². The topological polar surface area (TPSA) is 71.1 Å². The summed E-state index contributed by atoms with van der Waals surface area (Å²) in [4.78, 5) is 28.1. The summed E-state index contributed by atoms with van der Waals surface area (Å²) in [5.41, 5.74) is 2.01. The van der Waals surface area contributed by atoms with Crippen molar-refractivity contribution >= 4 is 34.0 Å². The van der Waals surface area contributed by atoms with Crippen molar-refractivity contribution < 1.29 is 18.4 Å². The highest BCUT2D eigenvalue weighted by atomic mass is 32.1. The monoisotopic (exact) mass is 401 g/mol. The third kappa shape index (κ3) is 4.98. The summed E-state index contributed by atoms with van der Waals surface area (Å²) in [6.45, 7) is 1.94. The Labute approximate surface area is 164 Å². The number of hydrogen-bond acceptors (Lipinski definition) is 4. The fraction of sp³-hybridized carbons (Fsp3) is 0.150. The summed E-state index contributed by atoms with van der Waals surface area (Å²) in [6.07, 6.45) is 1.24. The van der Waals surface area contributed by atoms with Crippen LogP contribution in [0.15, 0.2) is 47.8 Å². The number of aromatic nitrogens is 1. The fourth-order valence-corrected chi connectivity index (χ4v) is 3.21. The van der Waals surface area contributed by atoms with Crippen molar-refractivity contribution in [3.8, 4) is 11.3 Å². The van der Waals surface area contributed by atoms with E-state index in [0.29, 0.717) is 29.0 Å². The molecule has 144 valence electrons. The Morgan fingerprint density at radius 2 is 1.71 bits per heavy atom. The number of carbonyl (C=O) groups is 2. The van der Waals surface area contributed by atoms with Gasteiger partial charge in [-0.15, -0.1) is 11.3 Å². The van der Waals surface area contributed by atoms with Gasteiger partial charge < -0.3 is 5.32 Å². The molecule has 2 N–H and O–H groups in total. The number of halogens is 2. The zero-order valence-corrected chi connectivity index (χ0v) is 15.8. The van der Waals surface area contributed by atoms with Crippen LogP contribution in [0.4, 0.5) is 19.6 Å². The zero-order valence-electron chi connectivity index (χ0n) is 15.0. The number of rotatable bonds is 6. The van der Waals surface area contributed by atoms with Gasteiger partial charge in [0, 0.05) is 34.7 Å². The van der Waals surface area contributed by atoms with E-state index < -0.39 is 17.5 Å². The van der Waals surface area contributed by atoms with E-state index in [-0.39, 0.29) is 11.5 Å². The minimum atomic E-state index is -0.823. The van der Waals surface area contributed by atoms with Crippen molar-refractivity contribution in [3.05, 3.63) is 65.0 Å². The van der Waals surface area contributed by atoms with E-state index in [1.54, 1.807) is 17.5 Å². The largest absolute Gasteiger partial charge is 0.326 e. The average Bonchev–Trinajstić information content (AvgIpc) is 3.10. The van der Waals surface area contributed by atoms with Crippen LogP contribution in [0.1, 0.15) is 30.1 Å². The van der Waals surface area contributed by atoms with Gasteiger partial charge in [-0.25, -0.2) is 13.8 Å². The van der Waals surface area contributed by atoms with E-state index >= 15 is 0 Å². The quantitative estimate of drug-likeness (QED) is 0.605. The van der Waals surface area contributed by atoms with Gasteiger partial charge in [0.1, 0.15) is 11.6 Å². The summed E-state index contributed by atoms with van der Waals surface area (Å²) >= 11 is 1.20. The summed E-state index contributed by atoms with van der Waals surface area (Å²) < 4.78 is 26.5. The van der Waals surface area contributed by atoms with E-state index in [0.717, 1.165) is 24.1 Å². The molecular formula is C20H17F2N3O2S. The molecule has 1 aromatic heterocycles. The minimum absolute atomic E-state index is 0.0392. The van der Waals surface area contributed by atoms with E-state index in [9.17, 15) is 18.4 Å². The maximum Gasteiger partial charge on any atom is 0.257 e. The molecule has 0 aliphatic rings. The van der Waals surface area contributed by atoms with Crippen molar-refractivity contribution in [1.82, 2.24) is 4.98 Å².